The van der Waals surface area contributed by atoms with E-state index >= 15 is 0 Å². The van der Waals surface area contributed by atoms with Gasteiger partial charge in [-0.3, -0.25) is 33.6 Å². The van der Waals surface area contributed by atoms with Gasteiger partial charge in [-0.25, -0.2) is 4.98 Å². The van der Waals surface area contributed by atoms with E-state index < -0.39 is 90.7 Å². The number of rotatable bonds is 21. The van der Waals surface area contributed by atoms with Crippen molar-refractivity contribution in [2.24, 2.45) is 11.5 Å². The summed E-state index contributed by atoms with van der Waals surface area (Å²) < 4.78 is 0. The molecule has 1 fully saturated rings. The van der Waals surface area contributed by atoms with Gasteiger partial charge in [0.1, 0.15) is 36.5 Å². The molecule has 1 aromatic heterocycles. The first kappa shape index (κ1) is 40.7. The van der Waals surface area contributed by atoms with Crippen LogP contribution >= 0.6 is 0 Å². The van der Waals surface area contributed by atoms with Crippen LogP contribution in [0.5, 0.6) is 0 Å². The van der Waals surface area contributed by atoms with Gasteiger partial charge in [-0.1, -0.05) is 30.3 Å². The van der Waals surface area contributed by atoms with E-state index in [9.17, 15) is 43.5 Å². The fourth-order valence-corrected chi connectivity index (χ4v) is 5.57. The Morgan fingerprint density at radius 1 is 0.923 bits per heavy atom. The summed E-state index contributed by atoms with van der Waals surface area (Å²) in [6.07, 6.45) is 2.57. The lowest BCUT2D eigenvalue weighted by Crippen LogP contribution is -2.59. The largest absolute Gasteiger partial charge is 0.481 e. The van der Waals surface area contributed by atoms with Gasteiger partial charge in [-0.05, 0) is 31.2 Å². The van der Waals surface area contributed by atoms with E-state index in [1.54, 1.807) is 30.3 Å². The molecule has 11 N–H and O–H groups in total. The topological polar surface area (TPSA) is 309 Å². The van der Waals surface area contributed by atoms with Gasteiger partial charge in [0.05, 0.1) is 19.0 Å². The molecule has 1 aliphatic rings. The van der Waals surface area contributed by atoms with Crippen molar-refractivity contribution in [3.63, 3.8) is 0 Å². The van der Waals surface area contributed by atoms with Crippen LogP contribution in [0.1, 0.15) is 49.8 Å². The zero-order valence-corrected chi connectivity index (χ0v) is 28.4. The number of carbonyl (C=O) groups is 8. The van der Waals surface area contributed by atoms with E-state index in [1.807, 2.05) is 0 Å². The number of nitrogens with one attached hydrogen (secondary N) is 5. The summed E-state index contributed by atoms with van der Waals surface area (Å²) in [5.41, 5.74) is 12.1. The van der Waals surface area contributed by atoms with E-state index in [0.29, 0.717) is 24.0 Å². The molecule has 0 bridgehead atoms. The number of nitrogens with zero attached hydrogens (tertiary/aromatic N) is 2. The van der Waals surface area contributed by atoms with Crippen LogP contribution in [-0.2, 0) is 51.2 Å². The predicted octanol–water partition coefficient (Wildman–Crippen LogP) is -3.23. The Labute approximate surface area is 298 Å². The van der Waals surface area contributed by atoms with Gasteiger partial charge >= 0.3 is 5.97 Å². The minimum absolute atomic E-state index is 0.0384. The second-order valence-corrected chi connectivity index (χ2v) is 12.3. The first-order valence-corrected chi connectivity index (χ1v) is 16.7. The van der Waals surface area contributed by atoms with Crippen molar-refractivity contribution in [2.45, 2.75) is 87.6 Å². The molecule has 3 rings (SSSR count). The number of likely N-dealkylation sites (tertiary alicyclic amines) is 1. The van der Waals surface area contributed by atoms with Crippen molar-refractivity contribution in [1.29, 1.82) is 0 Å². The molecule has 6 atom stereocenters. The fourth-order valence-electron chi connectivity index (χ4n) is 5.57. The Balaban J connectivity index is 1.81. The lowest BCUT2D eigenvalue weighted by atomic mass is 10.0. The molecule has 19 nitrogen and oxygen atoms in total. The number of amides is 6. The number of imidazole rings is 1. The highest BCUT2D eigenvalue weighted by Gasteiger charge is 2.40. The summed E-state index contributed by atoms with van der Waals surface area (Å²) in [4.78, 5) is 110. The molecular weight excluding hydrogens is 682 g/mol. The standard InChI is InChI=1S/C33H45N9O10/c34-22(17-44)29(48)41-25(14-21-15-36-18-37-21)33(52)42-12-4-7-26(42)32(51)39-23(9-10-27(35)45)30(49)40-24(13-19-5-2-1-3-6-19)31(50)38-20(16-43)8-11-28(46)47/h1-3,5-6,15-16,18,20,22-26,44H,4,7-14,17,34H2,(H2,35,45)(H,36,37)(H,38,50)(H,39,51)(H,40,49)(H,41,48)(H,46,47)/t20-,22-,23-,24-,25-,26-/m0/s1. The van der Waals surface area contributed by atoms with Crippen LogP contribution in [0.3, 0.4) is 0 Å². The summed E-state index contributed by atoms with van der Waals surface area (Å²) in [5, 5.41) is 28.4. The number of aldehydes is 1. The minimum atomic E-state index is -1.40. The molecule has 1 saturated heterocycles. The lowest BCUT2D eigenvalue weighted by Gasteiger charge is -2.30. The van der Waals surface area contributed by atoms with Gasteiger partial charge in [-0.2, -0.15) is 0 Å². The van der Waals surface area contributed by atoms with Crippen LogP contribution in [0, 0.1) is 0 Å². The highest BCUT2D eigenvalue weighted by atomic mass is 16.4. The van der Waals surface area contributed by atoms with Crippen LogP contribution in [0.2, 0.25) is 0 Å². The number of aromatic amines is 1. The number of carboxylic acids is 1. The number of H-pyrrole nitrogens is 1. The molecule has 19 heteroatoms. The van der Waals surface area contributed by atoms with Gasteiger partial charge < -0.3 is 57.6 Å². The van der Waals surface area contributed by atoms with Crippen LogP contribution in [0.25, 0.3) is 0 Å². The highest BCUT2D eigenvalue weighted by Crippen LogP contribution is 2.20. The highest BCUT2D eigenvalue weighted by molar-refractivity contribution is 5.96. The summed E-state index contributed by atoms with van der Waals surface area (Å²) >= 11 is 0. The molecule has 2 heterocycles. The summed E-state index contributed by atoms with van der Waals surface area (Å²) in [5.74, 6) is -5.76. The van der Waals surface area contributed by atoms with E-state index in [-0.39, 0.29) is 45.1 Å². The number of nitrogens with two attached hydrogens (primary N) is 2. The van der Waals surface area contributed by atoms with E-state index in [2.05, 4.69) is 31.2 Å². The smallest absolute Gasteiger partial charge is 0.303 e. The number of carbonyl (C=O) groups excluding carboxylic acids is 7. The zero-order valence-electron chi connectivity index (χ0n) is 28.4. The van der Waals surface area contributed by atoms with Gasteiger partial charge in [0, 0.05) is 44.1 Å². The zero-order chi connectivity index (χ0) is 38.2. The molecule has 2 aromatic rings. The first-order chi connectivity index (χ1) is 24.8. The maximum Gasteiger partial charge on any atom is 0.303 e. The normalized spacial score (nSPS) is 16.7. The SMILES string of the molecule is NC(=O)CC[C@H](NC(=O)[C@@H]1CCCN1C(=O)[C@H](Cc1cnc[nH]1)NC(=O)[C@@H](N)CO)C(=O)N[C@@H](Cc1ccccc1)C(=O)N[C@H](C=O)CCC(=O)O. The number of primary amides is 1. The molecule has 1 aliphatic heterocycles. The molecule has 6 amide bonds. The number of hydrogen-bond acceptors (Lipinski definition) is 11. The number of aliphatic hydroxyl groups is 1. The fraction of sp³-hybridized carbons (Fsp3) is 0.485. The number of aliphatic hydroxyl groups excluding tert-OH is 1. The second kappa shape index (κ2) is 20.2. The summed E-state index contributed by atoms with van der Waals surface area (Å²) in [6.45, 7) is -0.536. The van der Waals surface area contributed by atoms with Gasteiger partial charge in [0.15, 0.2) is 0 Å². The number of aliphatic carboxylic acids is 1. The molecule has 0 saturated carbocycles. The molecule has 52 heavy (non-hydrogen) atoms. The number of aromatic nitrogens is 2. The lowest BCUT2D eigenvalue weighted by molar-refractivity contribution is -0.142. The van der Waals surface area contributed by atoms with Gasteiger partial charge in [0.25, 0.3) is 0 Å². The molecule has 0 radical (unpaired) electrons. The molecule has 0 unspecified atom stereocenters. The van der Waals surface area contributed by atoms with Crippen molar-refractivity contribution in [3.05, 3.63) is 54.1 Å². The van der Waals surface area contributed by atoms with E-state index in [1.165, 1.54) is 17.4 Å². The van der Waals surface area contributed by atoms with Crippen molar-refractivity contribution in [2.75, 3.05) is 13.2 Å². The third-order valence-electron chi connectivity index (χ3n) is 8.35. The van der Waals surface area contributed by atoms with Gasteiger partial charge in [-0.15, -0.1) is 0 Å². The summed E-state index contributed by atoms with van der Waals surface area (Å²) in [6, 6.07) is 1.13. The average Bonchev–Trinajstić information content (AvgIpc) is 3.83. The average molecular weight is 728 g/mol. The second-order valence-electron chi connectivity index (χ2n) is 12.3. The van der Waals surface area contributed by atoms with Crippen LogP contribution in [-0.4, -0.2) is 122 Å². The minimum Gasteiger partial charge on any atom is -0.481 e. The number of carboxylic acid groups (broad SMARTS) is 1. The maximum atomic E-state index is 13.8. The maximum absolute atomic E-state index is 13.8. The Hall–Kier alpha value is -5.69. The van der Waals surface area contributed by atoms with Crippen LogP contribution < -0.4 is 32.7 Å². The molecule has 0 aliphatic carbocycles. The van der Waals surface area contributed by atoms with E-state index in [0.717, 1.165) is 0 Å². The predicted molar refractivity (Wildman–Crippen MR) is 181 cm³/mol. The monoisotopic (exact) mass is 727 g/mol. The van der Waals surface area contributed by atoms with Crippen molar-refractivity contribution < 1.29 is 48.6 Å². The van der Waals surface area contributed by atoms with Gasteiger partial charge in [0.2, 0.25) is 35.4 Å². The molecule has 0 spiro atoms. The molecule has 282 valence electrons. The first-order valence-electron chi connectivity index (χ1n) is 16.7. The van der Waals surface area contributed by atoms with Crippen LogP contribution in [0.15, 0.2) is 42.9 Å². The molecule has 1 aromatic carbocycles. The Bertz CT molecular complexity index is 1560. The molecular formula is C33H45N9O10. The Kier molecular flexibility index (Phi) is 15.8. The number of hydrogen-bond donors (Lipinski definition) is 9. The van der Waals surface area contributed by atoms with E-state index in [4.69, 9.17) is 16.6 Å². The summed E-state index contributed by atoms with van der Waals surface area (Å²) in [7, 11) is 0. The van der Waals surface area contributed by atoms with Crippen molar-refractivity contribution >= 4 is 47.7 Å². The quantitative estimate of drug-likeness (QED) is 0.0574. The number of benzene rings is 1. The third kappa shape index (κ3) is 12.6. The van der Waals surface area contributed by atoms with Crippen molar-refractivity contribution in [3.8, 4) is 0 Å². The Morgan fingerprint density at radius 3 is 2.23 bits per heavy atom. The van der Waals surface area contributed by atoms with Crippen LogP contribution in [0.4, 0.5) is 0 Å². The third-order valence-corrected chi connectivity index (χ3v) is 8.35. The van der Waals surface area contributed by atoms with Crippen molar-refractivity contribution in [1.82, 2.24) is 36.1 Å². The Morgan fingerprint density at radius 2 is 1.62 bits per heavy atom.